The van der Waals surface area contributed by atoms with Gasteiger partial charge in [-0.1, -0.05) is 17.4 Å². The highest BCUT2D eigenvalue weighted by Gasteiger charge is 2.15. The summed E-state index contributed by atoms with van der Waals surface area (Å²) in [5.74, 6) is 0. The number of hydrogen-bond donors (Lipinski definition) is 0. The van der Waals surface area contributed by atoms with Crippen molar-refractivity contribution in [3.8, 4) is 10.7 Å². The average Bonchev–Trinajstić information content (AvgIpc) is 3.11. The van der Waals surface area contributed by atoms with Gasteiger partial charge in [-0.05, 0) is 31.2 Å². The van der Waals surface area contributed by atoms with Gasteiger partial charge in [-0.15, -0.1) is 10.2 Å². The quantitative estimate of drug-likeness (QED) is 0.368. The average molecular weight is 360 g/mol. The van der Waals surface area contributed by atoms with Crippen molar-refractivity contribution in [3.05, 3.63) is 63.8 Å². The molecule has 3 aromatic rings. The first kappa shape index (κ1) is 16.5. The van der Waals surface area contributed by atoms with Gasteiger partial charge < -0.3 is 0 Å². The SMILES string of the molecule is CC(OSc1ccc([N+](=O)[O-])cc1)c1nnc(-c2ccccn2)s1. The third-order valence-corrected chi connectivity index (χ3v) is 4.96. The van der Waals surface area contributed by atoms with Crippen LogP contribution in [0, 0.1) is 10.1 Å². The third-order valence-electron chi connectivity index (χ3n) is 3.01. The van der Waals surface area contributed by atoms with Crippen LogP contribution in [0.5, 0.6) is 0 Å². The summed E-state index contributed by atoms with van der Waals surface area (Å²) < 4.78 is 5.70. The number of nitro benzene ring substituents is 1. The molecule has 2 heterocycles. The number of rotatable bonds is 6. The van der Waals surface area contributed by atoms with E-state index in [4.69, 9.17) is 4.18 Å². The van der Waals surface area contributed by atoms with E-state index in [0.29, 0.717) is 0 Å². The Bertz CT molecular complexity index is 824. The molecule has 2 aromatic heterocycles. The van der Waals surface area contributed by atoms with Crippen LogP contribution in [-0.4, -0.2) is 20.1 Å². The third kappa shape index (κ3) is 3.94. The molecule has 0 amide bonds. The lowest BCUT2D eigenvalue weighted by Gasteiger charge is -2.07. The molecule has 1 atom stereocenters. The molecule has 7 nitrogen and oxygen atoms in total. The van der Waals surface area contributed by atoms with Crippen LogP contribution >= 0.6 is 23.4 Å². The summed E-state index contributed by atoms with van der Waals surface area (Å²) in [6.07, 6.45) is 1.45. The van der Waals surface area contributed by atoms with Crippen molar-refractivity contribution in [2.24, 2.45) is 0 Å². The molecule has 0 N–H and O–H groups in total. The zero-order valence-electron chi connectivity index (χ0n) is 12.5. The van der Waals surface area contributed by atoms with Gasteiger partial charge in [0.15, 0.2) is 5.01 Å². The molecule has 3 rings (SSSR count). The smallest absolute Gasteiger partial charge is 0.269 e. The molecule has 9 heteroatoms. The van der Waals surface area contributed by atoms with Gasteiger partial charge in [0.25, 0.3) is 5.69 Å². The van der Waals surface area contributed by atoms with Crippen LogP contribution in [0.25, 0.3) is 10.7 Å². The number of pyridine rings is 1. The van der Waals surface area contributed by atoms with Crippen LogP contribution in [-0.2, 0) is 4.18 Å². The zero-order valence-corrected chi connectivity index (χ0v) is 14.2. The van der Waals surface area contributed by atoms with Crippen LogP contribution in [0.15, 0.2) is 53.6 Å². The van der Waals surface area contributed by atoms with Gasteiger partial charge >= 0.3 is 0 Å². The van der Waals surface area contributed by atoms with Gasteiger partial charge in [-0.3, -0.25) is 19.3 Å². The molecule has 0 aliphatic carbocycles. The van der Waals surface area contributed by atoms with Gasteiger partial charge in [0.05, 0.1) is 4.92 Å². The van der Waals surface area contributed by atoms with Crippen molar-refractivity contribution in [1.82, 2.24) is 15.2 Å². The molecule has 0 spiro atoms. The van der Waals surface area contributed by atoms with E-state index in [-0.39, 0.29) is 11.8 Å². The van der Waals surface area contributed by atoms with Gasteiger partial charge in [0, 0.05) is 35.3 Å². The van der Waals surface area contributed by atoms with E-state index in [9.17, 15) is 10.1 Å². The molecule has 0 bridgehead atoms. The van der Waals surface area contributed by atoms with E-state index in [1.165, 1.54) is 23.5 Å². The van der Waals surface area contributed by atoms with Crippen LogP contribution in [0.3, 0.4) is 0 Å². The highest BCUT2D eigenvalue weighted by Crippen LogP contribution is 2.32. The summed E-state index contributed by atoms with van der Waals surface area (Å²) >= 11 is 2.57. The Morgan fingerprint density at radius 2 is 2.00 bits per heavy atom. The molecule has 0 aliphatic heterocycles. The number of non-ortho nitro benzene ring substituents is 1. The first-order valence-corrected chi connectivity index (χ1v) is 8.52. The normalized spacial score (nSPS) is 12.0. The van der Waals surface area contributed by atoms with Gasteiger partial charge in [-0.2, -0.15) is 0 Å². The van der Waals surface area contributed by atoms with Crippen molar-refractivity contribution < 1.29 is 9.11 Å². The van der Waals surface area contributed by atoms with E-state index in [2.05, 4.69) is 15.2 Å². The molecule has 1 unspecified atom stereocenters. The van der Waals surface area contributed by atoms with E-state index >= 15 is 0 Å². The fraction of sp³-hybridized carbons (Fsp3) is 0.133. The molecule has 1 aromatic carbocycles. The predicted molar refractivity (Wildman–Crippen MR) is 91.6 cm³/mol. The standard InChI is InChI=1S/C15H12N4O3S2/c1-10(22-24-12-7-5-11(6-8-12)19(20)21)14-17-18-15(23-14)13-4-2-3-9-16-13/h2-10H,1H3. The van der Waals surface area contributed by atoms with Crippen molar-refractivity contribution in [3.63, 3.8) is 0 Å². The lowest BCUT2D eigenvalue weighted by Crippen LogP contribution is -1.93. The first-order chi connectivity index (χ1) is 11.6. The van der Waals surface area contributed by atoms with Crippen LogP contribution in [0.2, 0.25) is 0 Å². The maximum absolute atomic E-state index is 10.6. The van der Waals surface area contributed by atoms with Gasteiger partial charge in [0.1, 0.15) is 16.8 Å². The van der Waals surface area contributed by atoms with Gasteiger partial charge in [0.2, 0.25) is 0 Å². The Morgan fingerprint density at radius 1 is 1.21 bits per heavy atom. The molecular weight excluding hydrogens is 348 g/mol. The molecule has 0 fully saturated rings. The van der Waals surface area contributed by atoms with Crippen LogP contribution in [0.1, 0.15) is 18.0 Å². The summed E-state index contributed by atoms with van der Waals surface area (Å²) in [6, 6.07) is 11.8. The number of nitrogens with zero attached hydrogens (tertiary/aromatic N) is 4. The second kappa shape index (κ2) is 7.47. The highest BCUT2D eigenvalue weighted by atomic mass is 32.2. The molecule has 24 heavy (non-hydrogen) atoms. The number of benzene rings is 1. The Labute approximate surface area is 146 Å². The molecule has 0 saturated carbocycles. The molecular formula is C15H12N4O3S2. The lowest BCUT2D eigenvalue weighted by atomic mass is 10.3. The lowest BCUT2D eigenvalue weighted by molar-refractivity contribution is -0.384. The van der Waals surface area contributed by atoms with Crippen molar-refractivity contribution in [1.29, 1.82) is 0 Å². The van der Waals surface area contributed by atoms with Crippen molar-refractivity contribution in [2.45, 2.75) is 17.9 Å². The van der Waals surface area contributed by atoms with Crippen molar-refractivity contribution in [2.75, 3.05) is 0 Å². The van der Waals surface area contributed by atoms with E-state index < -0.39 is 4.92 Å². The van der Waals surface area contributed by atoms with E-state index in [0.717, 1.165) is 32.6 Å². The minimum atomic E-state index is -0.432. The Balaban J connectivity index is 1.62. The van der Waals surface area contributed by atoms with Crippen LogP contribution in [0.4, 0.5) is 5.69 Å². The highest BCUT2D eigenvalue weighted by molar-refractivity contribution is 7.94. The molecule has 0 saturated heterocycles. The monoisotopic (exact) mass is 360 g/mol. The molecule has 0 aliphatic rings. The summed E-state index contributed by atoms with van der Waals surface area (Å²) in [4.78, 5) is 15.2. The fourth-order valence-electron chi connectivity index (χ4n) is 1.78. The van der Waals surface area contributed by atoms with E-state index in [1.807, 2.05) is 25.1 Å². The minimum Gasteiger partial charge on any atom is -0.300 e. The van der Waals surface area contributed by atoms with Crippen molar-refractivity contribution >= 4 is 29.1 Å². The number of aromatic nitrogens is 3. The van der Waals surface area contributed by atoms with Crippen LogP contribution < -0.4 is 0 Å². The summed E-state index contributed by atoms with van der Waals surface area (Å²) in [5.41, 5.74) is 0.827. The second-order valence-corrected chi connectivity index (χ2v) is 6.57. The number of nitro groups is 1. The zero-order chi connectivity index (χ0) is 16.9. The minimum absolute atomic E-state index is 0.0523. The molecule has 0 radical (unpaired) electrons. The summed E-state index contributed by atoms with van der Waals surface area (Å²) in [5, 5.41) is 20.4. The van der Waals surface area contributed by atoms with E-state index in [1.54, 1.807) is 18.3 Å². The maximum Gasteiger partial charge on any atom is 0.269 e. The van der Waals surface area contributed by atoms with Gasteiger partial charge in [-0.25, -0.2) is 0 Å². The maximum atomic E-state index is 10.6. The largest absolute Gasteiger partial charge is 0.300 e. The predicted octanol–water partition coefficient (Wildman–Crippen LogP) is 4.29. The first-order valence-electron chi connectivity index (χ1n) is 6.96. The summed E-state index contributed by atoms with van der Waals surface area (Å²) in [6.45, 7) is 1.88. The Kier molecular flexibility index (Phi) is 5.14. The number of hydrogen-bond acceptors (Lipinski definition) is 8. The molecule has 122 valence electrons. The Hall–Kier alpha value is -2.36. The topological polar surface area (TPSA) is 91.0 Å². The Morgan fingerprint density at radius 3 is 2.67 bits per heavy atom. The fourth-order valence-corrected chi connectivity index (χ4v) is 3.24. The summed E-state index contributed by atoms with van der Waals surface area (Å²) in [7, 11) is 0. The second-order valence-electron chi connectivity index (χ2n) is 4.73.